The number of pyridine rings is 1. The number of nitrogens with zero attached hydrogens (tertiary/aromatic N) is 1. The van der Waals surface area contributed by atoms with E-state index in [0.717, 1.165) is 45.3 Å². The van der Waals surface area contributed by atoms with Crippen molar-refractivity contribution in [2.45, 2.75) is 20.8 Å². The Morgan fingerprint density at radius 1 is 1.32 bits per heavy atom. The van der Waals surface area contributed by atoms with E-state index in [2.05, 4.69) is 9.97 Å². The van der Waals surface area contributed by atoms with Gasteiger partial charge in [0.25, 0.3) is 0 Å². The Labute approximate surface area is 110 Å². The SMILES string of the molecule is Cc1oc(C=O)c(C)c1-c1c[nH]c2nccc(C)c12. The summed E-state index contributed by atoms with van der Waals surface area (Å²) in [5, 5.41) is 1.08. The number of carbonyl (C=O) groups excluding carboxylic acids is 1. The zero-order valence-electron chi connectivity index (χ0n) is 11.1. The number of hydrogen-bond acceptors (Lipinski definition) is 3. The van der Waals surface area contributed by atoms with Crippen LogP contribution in [0.5, 0.6) is 0 Å². The van der Waals surface area contributed by atoms with Gasteiger partial charge < -0.3 is 9.40 Å². The van der Waals surface area contributed by atoms with E-state index >= 15 is 0 Å². The van der Waals surface area contributed by atoms with Gasteiger partial charge in [-0.1, -0.05) is 0 Å². The van der Waals surface area contributed by atoms with Crippen molar-refractivity contribution in [3.8, 4) is 11.1 Å². The normalized spacial score (nSPS) is 11.1. The Bertz CT molecular complexity index is 781. The number of aromatic amines is 1. The molecule has 0 aliphatic carbocycles. The second-order valence-electron chi connectivity index (χ2n) is 4.69. The number of H-pyrrole nitrogens is 1. The molecule has 0 unspecified atom stereocenters. The lowest BCUT2D eigenvalue weighted by Crippen LogP contribution is -1.84. The van der Waals surface area contributed by atoms with Crippen molar-refractivity contribution >= 4 is 17.3 Å². The Hall–Kier alpha value is -2.36. The highest BCUT2D eigenvalue weighted by atomic mass is 16.3. The van der Waals surface area contributed by atoms with Crippen molar-refractivity contribution in [3.05, 3.63) is 41.1 Å². The number of aldehydes is 1. The van der Waals surface area contributed by atoms with E-state index < -0.39 is 0 Å². The standard InChI is InChI=1S/C15H14N2O2/c1-8-4-5-16-15-13(8)11(6-17-15)14-9(2)12(7-18)19-10(14)3/h4-7H,1-3H3,(H,16,17). The lowest BCUT2D eigenvalue weighted by molar-refractivity contribution is 0.109. The average molecular weight is 254 g/mol. The van der Waals surface area contributed by atoms with Crippen LogP contribution in [0.2, 0.25) is 0 Å². The van der Waals surface area contributed by atoms with E-state index in [-0.39, 0.29) is 0 Å². The molecule has 0 amide bonds. The van der Waals surface area contributed by atoms with Crippen LogP contribution in [0.15, 0.2) is 22.9 Å². The zero-order chi connectivity index (χ0) is 13.6. The highest BCUT2D eigenvalue weighted by molar-refractivity contribution is 5.98. The minimum absolute atomic E-state index is 0.392. The number of hydrogen-bond donors (Lipinski definition) is 1. The maximum absolute atomic E-state index is 11.0. The second kappa shape index (κ2) is 4.09. The van der Waals surface area contributed by atoms with Gasteiger partial charge in [0.2, 0.25) is 0 Å². The molecule has 4 nitrogen and oxygen atoms in total. The van der Waals surface area contributed by atoms with Crippen LogP contribution in [0, 0.1) is 20.8 Å². The third kappa shape index (κ3) is 1.60. The van der Waals surface area contributed by atoms with E-state index in [1.165, 1.54) is 0 Å². The number of nitrogens with one attached hydrogen (secondary N) is 1. The van der Waals surface area contributed by atoms with E-state index in [9.17, 15) is 4.79 Å². The maximum Gasteiger partial charge on any atom is 0.185 e. The Morgan fingerprint density at radius 2 is 2.11 bits per heavy atom. The van der Waals surface area contributed by atoms with Crippen LogP contribution in [-0.2, 0) is 0 Å². The summed E-state index contributed by atoms with van der Waals surface area (Å²) in [6.07, 6.45) is 4.46. The topological polar surface area (TPSA) is 58.9 Å². The molecular formula is C15H14N2O2. The molecule has 19 heavy (non-hydrogen) atoms. The summed E-state index contributed by atoms with van der Waals surface area (Å²) in [6.45, 7) is 5.83. The summed E-state index contributed by atoms with van der Waals surface area (Å²) in [5.41, 5.74) is 4.88. The largest absolute Gasteiger partial charge is 0.458 e. The van der Waals surface area contributed by atoms with E-state index in [4.69, 9.17) is 4.42 Å². The van der Waals surface area contributed by atoms with Crippen LogP contribution in [0.1, 0.15) is 27.4 Å². The summed E-state index contributed by atoms with van der Waals surface area (Å²) < 4.78 is 5.50. The van der Waals surface area contributed by atoms with Crippen LogP contribution in [0.4, 0.5) is 0 Å². The minimum Gasteiger partial charge on any atom is -0.458 e. The van der Waals surface area contributed by atoms with E-state index in [1.54, 1.807) is 6.20 Å². The predicted octanol–water partition coefficient (Wildman–Crippen LogP) is 3.56. The molecule has 3 heterocycles. The highest BCUT2D eigenvalue weighted by Crippen LogP contribution is 2.36. The van der Waals surface area contributed by atoms with Crippen molar-refractivity contribution < 1.29 is 9.21 Å². The van der Waals surface area contributed by atoms with Gasteiger partial charge in [0.15, 0.2) is 12.0 Å². The number of aromatic nitrogens is 2. The predicted molar refractivity (Wildman–Crippen MR) is 73.4 cm³/mol. The van der Waals surface area contributed by atoms with Gasteiger partial charge in [-0.25, -0.2) is 4.98 Å². The Kier molecular flexibility index (Phi) is 2.52. The van der Waals surface area contributed by atoms with Crippen molar-refractivity contribution in [1.82, 2.24) is 9.97 Å². The summed E-state index contributed by atoms with van der Waals surface area (Å²) >= 11 is 0. The van der Waals surface area contributed by atoms with Crippen LogP contribution >= 0.6 is 0 Å². The molecule has 1 N–H and O–H groups in total. The average Bonchev–Trinajstić information content (AvgIpc) is 2.92. The smallest absolute Gasteiger partial charge is 0.185 e. The monoisotopic (exact) mass is 254 g/mol. The molecule has 0 radical (unpaired) electrons. The molecule has 4 heteroatoms. The van der Waals surface area contributed by atoms with Crippen LogP contribution in [-0.4, -0.2) is 16.3 Å². The summed E-state index contributed by atoms with van der Waals surface area (Å²) in [6, 6.07) is 1.98. The minimum atomic E-state index is 0.392. The lowest BCUT2D eigenvalue weighted by Gasteiger charge is -2.01. The third-order valence-electron chi connectivity index (χ3n) is 3.52. The van der Waals surface area contributed by atoms with Crippen molar-refractivity contribution in [2.75, 3.05) is 0 Å². The van der Waals surface area contributed by atoms with Crippen molar-refractivity contribution in [2.24, 2.45) is 0 Å². The summed E-state index contributed by atoms with van der Waals surface area (Å²) in [5.74, 6) is 1.15. The molecule has 0 fully saturated rings. The second-order valence-corrected chi connectivity index (χ2v) is 4.69. The van der Waals surface area contributed by atoms with E-state index in [1.807, 2.05) is 33.0 Å². The van der Waals surface area contributed by atoms with E-state index in [0.29, 0.717) is 5.76 Å². The van der Waals surface area contributed by atoms with Gasteiger partial charge in [0.1, 0.15) is 11.4 Å². The lowest BCUT2D eigenvalue weighted by atomic mass is 9.99. The highest BCUT2D eigenvalue weighted by Gasteiger charge is 2.19. The first kappa shape index (κ1) is 11.7. The van der Waals surface area contributed by atoms with Crippen LogP contribution < -0.4 is 0 Å². The molecule has 3 aromatic rings. The van der Waals surface area contributed by atoms with Gasteiger partial charge in [-0.2, -0.15) is 0 Å². The molecule has 0 bridgehead atoms. The third-order valence-corrected chi connectivity index (χ3v) is 3.52. The van der Waals surface area contributed by atoms with Gasteiger partial charge in [0.05, 0.1) is 0 Å². The molecular weight excluding hydrogens is 240 g/mol. The summed E-state index contributed by atoms with van der Waals surface area (Å²) in [7, 11) is 0. The van der Waals surface area contributed by atoms with Gasteiger partial charge in [0, 0.05) is 34.5 Å². The fourth-order valence-electron chi connectivity index (χ4n) is 2.60. The molecule has 0 saturated heterocycles. The molecule has 0 aliphatic heterocycles. The maximum atomic E-state index is 11.0. The number of fused-ring (bicyclic) bond motifs is 1. The first-order valence-corrected chi connectivity index (χ1v) is 6.11. The van der Waals surface area contributed by atoms with Crippen molar-refractivity contribution in [3.63, 3.8) is 0 Å². The van der Waals surface area contributed by atoms with Gasteiger partial charge in [-0.15, -0.1) is 0 Å². The number of furan rings is 1. The fourth-order valence-corrected chi connectivity index (χ4v) is 2.60. The van der Waals surface area contributed by atoms with Crippen molar-refractivity contribution in [1.29, 1.82) is 0 Å². The molecule has 0 atom stereocenters. The Morgan fingerprint density at radius 3 is 2.79 bits per heavy atom. The van der Waals surface area contributed by atoms with Crippen LogP contribution in [0.25, 0.3) is 22.2 Å². The molecule has 3 aromatic heterocycles. The number of aryl methyl sites for hydroxylation is 2. The first-order chi connectivity index (χ1) is 9.13. The van der Waals surface area contributed by atoms with Crippen LogP contribution in [0.3, 0.4) is 0 Å². The van der Waals surface area contributed by atoms with Gasteiger partial charge in [-0.05, 0) is 32.4 Å². The molecule has 3 rings (SSSR count). The summed E-state index contributed by atoms with van der Waals surface area (Å²) in [4.78, 5) is 18.5. The Balaban J connectivity index is 2.37. The zero-order valence-corrected chi connectivity index (χ0v) is 11.1. The molecule has 0 spiro atoms. The first-order valence-electron chi connectivity index (χ1n) is 6.11. The van der Waals surface area contributed by atoms with Gasteiger partial charge in [-0.3, -0.25) is 4.79 Å². The number of rotatable bonds is 2. The number of carbonyl (C=O) groups is 1. The van der Waals surface area contributed by atoms with Gasteiger partial charge >= 0.3 is 0 Å². The molecule has 0 aromatic carbocycles. The molecule has 0 aliphatic rings. The quantitative estimate of drug-likeness (QED) is 0.711. The fraction of sp³-hybridized carbons (Fsp3) is 0.200. The molecule has 0 saturated carbocycles. The molecule has 96 valence electrons.